The number of piperidine rings is 1. The Balaban J connectivity index is 0.00000220. The summed E-state index contributed by atoms with van der Waals surface area (Å²) >= 11 is 0. The standard InChI is InChI=1S/C13H18N2O4S.ClH/c1-19-13(16)11-6-2-3-7-12(11)20(17,18)15-10-5-4-8-14-9-10;/h2-3,6-7,10,14-15H,4-5,8-9H2,1H3;1H/t10-;/m0./s1. The maximum Gasteiger partial charge on any atom is 0.339 e. The highest BCUT2D eigenvalue weighted by molar-refractivity contribution is 7.89. The lowest BCUT2D eigenvalue weighted by molar-refractivity contribution is 0.0596. The lowest BCUT2D eigenvalue weighted by atomic mass is 10.1. The van der Waals surface area contributed by atoms with Gasteiger partial charge in [-0.15, -0.1) is 12.4 Å². The zero-order chi connectivity index (χ0) is 14.6. The summed E-state index contributed by atoms with van der Waals surface area (Å²) in [5.41, 5.74) is 0.0475. The van der Waals surface area contributed by atoms with Crippen LogP contribution in [0.25, 0.3) is 0 Å². The third-order valence-corrected chi connectivity index (χ3v) is 4.78. The Bertz CT molecular complexity index is 586. The Kier molecular flexibility index (Phi) is 6.60. The first-order chi connectivity index (χ1) is 9.54. The monoisotopic (exact) mass is 334 g/mol. The van der Waals surface area contributed by atoms with Crippen molar-refractivity contribution in [2.24, 2.45) is 0 Å². The van der Waals surface area contributed by atoms with E-state index in [1.807, 2.05) is 0 Å². The number of hydrogen-bond acceptors (Lipinski definition) is 5. The van der Waals surface area contributed by atoms with Crippen molar-refractivity contribution in [1.29, 1.82) is 0 Å². The molecule has 0 spiro atoms. The first kappa shape index (κ1) is 17.9. The van der Waals surface area contributed by atoms with Crippen LogP contribution >= 0.6 is 12.4 Å². The molecular formula is C13H19ClN2O4S. The molecule has 1 aromatic rings. The summed E-state index contributed by atoms with van der Waals surface area (Å²) in [7, 11) is -2.51. The second-order valence-corrected chi connectivity index (χ2v) is 6.33. The zero-order valence-electron chi connectivity index (χ0n) is 11.7. The second kappa shape index (κ2) is 7.74. The lowest BCUT2D eigenvalue weighted by Crippen LogP contribution is -2.45. The fourth-order valence-corrected chi connectivity index (χ4v) is 3.68. The number of ether oxygens (including phenoxy) is 1. The Hall–Kier alpha value is -1.15. The summed E-state index contributed by atoms with van der Waals surface area (Å²) < 4.78 is 32.0. The fourth-order valence-electron chi connectivity index (χ4n) is 2.21. The first-order valence-corrected chi connectivity index (χ1v) is 7.93. The van der Waals surface area contributed by atoms with Crippen molar-refractivity contribution in [3.63, 3.8) is 0 Å². The summed E-state index contributed by atoms with van der Waals surface area (Å²) in [4.78, 5) is 11.6. The van der Waals surface area contributed by atoms with Crippen LogP contribution in [-0.2, 0) is 14.8 Å². The predicted molar refractivity (Wildman–Crippen MR) is 81.2 cm³/mol. The molecule has 1 atom stereocenters. The highest BCUT2D eigenvalue weighted by Gasteiger charge is 2.26. The van der Waals surface area contributed by atoms with Crippen LogP contribution in [-0.4, -0.2) is 40.6 Å². The van der Waals surface area contributed by atoms with Crippen LogP contribution in [0.4, 0.5) is 0 Å². The highest BCUT2D eigenvalue weighted by Crippen LogP contribution is 2.17. The predicted octanol–water partition coefficient (Wildman–Crippen LogP) is 0.925. The molecule has 1 aromatic carbocycles. The van der Waals surface area contributed by atoms with E-state index in [1.54, 1.807) is 12.1 Å². The average Bonchev–Trinajstić information content (AvgIpc) is 2.47. The van der Waals surface area contributed by atoms with Gasteiger partial charge in [-0.05, 0) is 31.5 Å². The van der Waals surface area contributed by atoms with Crippen LogP contribution < -0.4 is 10.0 Å². The molecule has 0 saturated carbocycles. The van der Waals surface area contributed by atoms with E-state index in [1.165, 1.54) is 19.2 Å². The second-order valence-electron chi connectivity index (χ2n) is 4.65. The van der Waals surface area contributed by atoms with Crippen molar-refractivity contribution in [3.05, 3.63) is 29.8 Å². The van der Waals surface area contributed by atoms with Crippen molar-refractivity contribution >= 4 is 28.4 Å². The molecule has 0 bridgehead atoms. The molecule has 0 aromatic heterocycles. The number of carbonyl (C=O) groups is 1. The average molecular weight is 335 g/mol. The van der Waals surface area contributed by atoms with Crippen LogP contribution in [0, 0.1) is 0 Å². The van der Waals surface area contributed by atoms with Crippen LogP contribution in [0.5, 0.6) is 0 Å². The van der Waals surface area contributed by atoms with Crippen molar-refractivity contribution in [3.8, 4) is 0 Å². The number of esters is 1. The zero-order valence-corrected chi connectivity index (χ0v) is 13.3. The number of carbonyl (C=O) groups excluding carboxylic acids is 1. The molecule has 1 saturated heterocycles. The smallest absolute Gasteiger partial charge is 0.339 e. The molecule has 0 radical (unpaired) electrons. The number of benzene rings is 1. The van der Waals surface area contributed by atoms with Gasteiger partial charge >= 0.3 is 5.97 Å². The van der Waals surface area contributed by atoms with Gasteiger partial charge in [0.05, 0.1) is 17.6 Å². The molecule has 0 amide bonds. The molecular weight excluding hydrogens is 316 g/mol. The molecule has 1 heterocycles. The van der Waals surface area contributed by atoms with E-state index >= 15 is 0 Å². The van der Waals surface area contributed by atoms with Crippen LogP contribution in [0.3, 0.4) is 0 Å². The molecule has 0 aliphatic carbocycles. The maximum atomic E-state index is 12.4. The van der Waals surface area contributed by atoms with Crippen molar-refractivity contribution in [2.75, 3.05) is 20.2 Å². The largest absolute Gasteiger partial charge is 0.465 e. The number of sulfonamides is 1. The van der Waals surface area contributed by atoms with Crippen LogP contribution in [0.15, 0.2) is 29.2 Å². The molecule has 2 rings (SSSR count). The Labute approximate surface area is 130 Å². The van der Waals surface area contributed by atoms with E-state index < -0.39 is 16.0 Å². The van der Waals surface area contributed by atoms with Gasteiger partial charge in [-0.1, -0.05) is 12.1 Å². The molecule has 21 heavy (non-hydrogen) atoms. The minimum atomic E-state index is -3.74. The van der Waals surface area contributed by atoms with Gasteiger partial charge in [0.25, 0.3) is 0 Å². The van der Waals surface area contributed by atoms with Crippen molar-refractivity contribution in [2.45, 2.75) is 23.8 Å². The van der Waals surface area contributed by atoms with Gasteiger partial charge in [-0.2, -0.15) is 0 Å². The van der Waals surface area contributed by atoms with E-state index in [0.29, 0.717) is 6.54 Å². The topological polar surface area (TPSA) is 84.5 Å². The normalized spacial score (nSPS) is 18.6. The van der Waals surface area contributed by atoms with E-state index in [2.05, 4.69) is 14.8 Å². The van der Waals surface area contributed by atoms with Crippen molar-refractivity contribution in [1.82, 2.24) is 10.0 Å². The number of halogens is 1. The molecule has 2 N–H and O–H groups in total. The number of methoxy groups -OCH3 is 1. The van der Waals surface area contributed by atoms with E-state index in [4.69, 9.17) is 0 Å². The first-order valence-electron chi connectivity index (χ1n) is 6.45. The van der Waals surface area contributed by atoms with Crippen molar-refractivity contribution < 1.29 is 17.9 Å². The third kappa shape index (κ3) is 4.41. The van der Waals surface area contributed by atoms with Gasteiger partial charge in [-0.25, -0.2) is 17.9 Å². The molecule has 1 aliphatic heterocycles. The number of nitrogens with one attached hydrogen (secondary N) is 2. The summed E-state index contributed by atoms with van der Waals surface area (Å²) in [6.45, 7) is 1.50. The van der Waals surface area contributed by atoms with E-state index in [9.17, 15) is 13.2 Å². The SMILES string of the molecule is COC(=O)c1ccccc1S(=O)(=O)N[C@H]1CCCNC1.Cl. The van der Waals surface area contributed by atoms with Gasteiger partial charge in [0, 0.05) is 12.6 Å². The van der Waals surface area contributed by atoms with Crippen LogP contribution in [0.2, 0.25) is 0 Å². The molecule has 8 heteroatoms. The Morgan fingerprint density at radius 3 is 2.71 bits per heavy atom. The number of rotatable bonds is 4. The van der Waals surface area contributed by atoms with Gasteiger partial charge in [0.15, 0.2) is 0 Å². The summed E-state index contributed by atoms with van der Waals surface area (Å²) in [6.07, 6.45) is 1.71. The molecule has 0 unspecified atom stereocenters. The van der Waals surface area contributed by atoms with Gasteiger partial charge < -0.3 is 10.1 Å². The Morgan fingerprint density at radius 2 is 2.10 bits per heavy atom. The Morgan fingerprint density at radius 1 is 1.38 bits per heavy atom. The minimum Gasteiger partial charge on any atom is -0.465 e. The third-order valence-electron chi connectivity index (χ3n) is 3.20. The minimum absolute atomic E-state index is 0. The van der Waals surface area contributed by atoms with E-state index in [-0.39, 0.29) is 28.9 Å². The summed E-state index contributed by atoms with van der Waals surface area (Å²) in [5, 5.41) is 3.14. The molecule has 118 valence electrons. The quantitative estimate of drug-likeness (QED) is 0.800. The lowest BCUT2D eigenvalue weighted by Gasteiger charge is -2.24. The molecule has 6 nitrogen and oxygen atoms in total. The van der Waals surface area contributed by atoms with Gasteiger partial charge in [-0.3, -0.25) is 0 Å². The number of hydrogen-bond donors (Lipinski definition) is 2. The van der Waals surface area contributed by atoms with Gasteiger partial charge in [0.2, 0.25) is 10.0 Å². The maximum absolute atomic E-state index is 12.4. The highest BCUT2D eigenvalue weighted by atomic mass is 35.5. The fraction of sp³-hybridized carbons (Fsp3) is 0.462. The van der Waals surface area contributed by atoms with Crippen LogP contribution in [0.1, 0.15) is 23.2 Å². The van der Waals surface area contributed by atoms with Gasteiger partial charge in [0.1, 0.15) is 0 Å². The summed E-state index contributed by atoms with van der Waals surface area (Å²) in [5.74, 6) is -0.659. The molecule has 1 fully saturated rings. The molecule has 1 aliphatic rings. The summed E-state index contributed by atoms with van der Waals surface area (Å²) in [6, 6.07) is 5.89. The van der Waals surface area contributed by atoms with E-state index in [0.717, 1.165) is 19.4 Å².